The van der Waals surface area contributed by atoms with Crippen LogP contribution in [0.5, 0.6) is 0 Å². The monoisotopic (exact) mass is 1370 g/mol. The fourth-order valence-electron chi connectivity index (χ4n) is 6.96. The number of ether oxygens (including phenoxy) is 4. The second kappa shape index (κ2) is 46.8. The molecule has 0 aliphatic rings. The van der Waals surface area contributed by atoms with Gasteiger partial charge in [-0.2, -0.15) is 5.10 Å². The third-order valence-electron chi connectivity index (χ3n) is 11.6. The average molecular weight is 1370 g/mol. The Kier molecular flexibility index (Phi) is 44.2. The fourth-order valence-corrected chi connectivity index (χ4v) is 7.91. The number of nitrogens with two attached hydrogens (primary N) is 1. The van der Waals surface area contributed by atoms with Gasteiger partial charge in [0.1, 0.15) is 0 Å². The number of rotatable bonds is 14. The zero-order valence-corrected chi connectivity index (χ0v) is 60.1. The number of aromatic nitrogens is 2. The Hall–Kier alpha value is -7.18. The number of hydrogen-bond acceptors (Lipinski definition) is 17. The molecule has 0 unspecified atom stereocenters. The van der Waals surface area contributed by atoms with Crippen molar-refractivity contribution in [2.75, 3.05) is 31.9 Å². The average Bonchev–Trinajstić information content (AvgIpc) is 1.62. The number of nitrogens with one attached hydrogen (secondary N) is 1. The Morgan fingerprint density at radius 1 is 0.576 bits per heavy atom. The zero-order chi connectivity index (χ0) is 68.2. The number of anilines is 1. The van der Waals surface area contributed by atoms with Crippen LogP contribution < -0.4 is 72.9 Å². The number of benzene rings is 6. The van der Waals surface area contributed by atoms with E-state index < -0.39 is 41.4 Å². The molecular weight excluding hydrogens is 1290 g/mol. The smallest absolute Gasteiger partial charge is 0.872 e. The first-order chi connectivity index (χ1) is 42.5. The number of aliphatic carboxylic acids is 1. The molecular formula is C68H77Cl4KN4O15-2. The van der Waals surface area contributed by atoms with Crippen molar-refractivity contribution >= 4 is 105 Å². The Morgan fingerprint density at radius 3 is 1.36 bits per heavy atom. The SMILES string of the molecule is CC(=O)O.CC=C([O-])c1ccc(C)cc1.CCC(=O)c1ccc(C)cc1.CCOC(=O)C(=O)C(C)=C([O-])c1ccc(C)cc1.CCOC(=O)C(=O)OCC.CCOC(=O)c1nn(-c2ccc(Cl)cc2Cl)c(-c2ccc(C)cc2)c1C.NNc1ccc(Cl)cc1Cl.[K+].[OH-]. The predicted molar refractivity (Wildman–Crippen MR) is 353 cm³/mol. The third-order valence-corrected chi connectivity index (χ3v) is 12.7. The standard InChI is InChI=1S/C20H18Cl2N2O2.C14H16O4.2C10H12O.C6H6Cl2N2.C6H10O4.C2H4O2.K.H2O/c1-4-26-20(25)18-13(3)19(14-7-5-12(2)6-8-14)24(23-18)17-10-9-15(21)11-16(17)22;1-4-18-14(17)13(16)10(3)12(15)11-7-5-9(2)6-8-11;2*1-3-10(11)9-6-4-8(2)5-7-9;7-4-1-2-6(10-9)5(8)3-4;1-3-9-5(7)6(8)10-4-2;1-2(3)4;;/h5-11H,4H2,1-3H3;5-8,15H,4H2,1-3H3;4-7H,3H2,1-2H3;3-7,11H,1-2H3;1-3,10H,9H2;3-4H2,1-2H3;1H3,(H,3,4);;1H2/q;;;;;;;+1;/p-3. The minimum Gasteiger partial charge on any atom is -0.872 e. The number of ketones is 2. The zero-order valence-electron chi connectivity index (χ0n) is 54.0. The first-order valence-corrected chi connectivity index (χ1v) is 29.5. The normalized spacial score (nSPS) is 10.1. The van der Waals surface area contributed by atoms with Gasteiger partial charge in [0.25, 0.3) is 11.8 Å². The number of nitrogens with zero attached hydrogens (tertiary/aromatic N) is 2. The van der Waals surface area contributed by atoms with Gasteiger partial charge in [0.2, 0.25) is 0 Å². The molecule has 0 bridgehead atoms. The molecule has 19 nitrogen and oxygen atoms in total. The Bertz CT molecular complexity index is 3520. The van der Waals surface area contributed by atoms with E-state index in [2.05, 4.69) is 24.7 Å². The number of carboxylic acid groups (broad SMARTS) is 1. The molecule has 6 aromatic carbocycles. The van der Waals surface area contributed by atoms with Crippen LogP contribution in [0.25, 0.3) is 28.5 Å². The summed E-state index contributed by atoms with van der Waals surface area (Å²) in [5, 5.41) is 37.0. The Labute approximate surface area is 600 Å². The molecule has 0 atom stereocenters. The summed E-state index contributed by atoms with van der Waals surface area (Å²) < 4.78 is 20.1. The van der Waals surface area contributed by atoms with Gasteiger partial charge in [-0.25, -0.2) is 23.9 Å². The summed E-state index contributed by atoms with van der Waals surface area (Å²) in [5.41, 5.74) is 12.8. The van der Waals surface area contributed by atoms with Crippen molar-refractivity contribution in [3.05, 3.63) is 215 Å². The quantitative estimate of drug-likeness (QED) is 0.0105. The minimum absolute atomic E-state index is 0. The molecule has 0 amide bonds. The number of esters is 4. The van der Waals surface area contributed by atoms with Gasteiger partial charge in [-0.05, 0) is 129 Å². The van der Waals surface area contributed by atoms with Crippen LogP contribution >= 0.6 is 46.4 Å². The second-order valence-corrected chi connectivity index (χ2v) is 20.4. The summed E-state index contributed by atoms with van der Waals surface area (Å²) in [4.78, 5) is 76.1. The molecule has 5 N–H and O–H groups in total. The molecule has 7 rings (SSSR count). The molecule has 24 heteroatoms. The van der Waals surface area contributed by atoms with Crippen molar-refractivity contribution in [2.45, 2.75) is 96.4 Å². The van der Waals surface area contributed by atoms with Gasteiger partial charge in [0, 0.05) is 40.1 Å². The first kappa shape index (κ1) is 86.9. The number of nitrogen functional groups attached to an aromatic ring is 1. The van der Waals surface area contributed by atoms with Gasteiger partial charge in [0.15, 0.2) is 11.5 Å². The second-order valence-electron chi connectivity index (χ2n) is 18.7. The van der Waals surface area contributed by atoms with Crippen LogP contribution in [0.15, 0.2) is 145 Å². The molecule has 490 valence electrons. The number of carbonyl (C=O) groups is 7. The summed E-state index contributed by atoms with van der Waals surface area (Å²) >= 11 is 23.7. The molecule has 0 saturated carbocycles. The van der Waals surface area contributed by atoms with E-state index in [-0.39, 0.29) is 106 Å². The fraction of sp³-hybridized carbons (Fsp3) is 0.265. The molecule has 0 radical (unpaired) electrons. The van der Waals surface area contributed by atoms with Gasteiger partial charge in [-0.15, -0.1) is 5.76 Å². The van der Waals surface area contributed by atoms with Crippen molar-refractivity contribution in [1.82, 2.24) is 9.78 Å². The van der Waals surface area contributed by atoms with Crippen LogP contribution in [-0.4, -0.2) is 88.2 Å². The van der Waals surface area contributed by atoms with E-state index in [1.165, 1.54) is 18.1 Å². The van der Waals surface area contributed by atoms with Crippen LogP contribution in [0.4, 0.5) is 5.69 Å². The summed E-state index contributed by atoms with van der Waals surface area (Å²) in [6, 6.07) is 40.3. The maximum absolute atomic E-state index is 12.3. The molecule has 1 heterocycles. The molecule has 0 aliphatic carbocycles. The van der Waals surface area contributed by atoms with Crippen molar-refractivity contribution in [3.8, 4) is 16.9 Å². The summed E-state index contributed by atoms with van der Waals surface area (Å²) in [7, 11) is 0. The van der Waals surface area contributed by atoms with E-state index in [0.29, 0.717) is 43.4 Å². The van der Waals surface area contributed by atoms with E-state index in [9.17, 15) is 39.0 Å². The van der Waals surface area contributed by atoms with E-state index in [0.717, 1.165) is 46.0 Å². The van der Waals surface area contributed by atoms with Crippen molar-refractivity contribution in [2.24, 2.45) is 5.84 Å². The third kappa shape index (κ3) is 31.4. The number of allylic oxidation sites excluding steroid dienone is 1. The number of hydrogen-bond donors (Lipinski definition) is 3. The number of Topliss-reactive ketones (excluding diaryl/α,β-unsaturated/α-hetero) is 2. The van der Waals surface area contributed by atoms with E-state index in [1.54, 1.807) is 106 Å². The van der Waals surface area contributed by atoms with Gasteiger partial charge in [-0.3, -0.25) is 20.2 Å². The van der Waals surface area contributed by atoms with Crippen LogP contribution in [0.3, 0.4) is 0 Å². The largest absolute Gasteiger partial charge is 1.00 e. The maximum Gasteiger partial charge on any atom is 1.00 e. The number of carboxylic acids is 1. The summed E-state index contributed by atoms with van der Waals surface area (Å²) in [6.07, 6.45) is 2.16. The van der Waals surface area contributed by atoms with Gasteiger partial charge >= 0.3 is 75.3 Å². The number of hydrazine groups is 1. The molecule has 0 spiro atoms. The molecule has 92 heavy (non-hydrogen) atoms. The summed E-state index contributed by atoms with van der Waals surface area (Å²) in [5.74, 6) is -0.0464. The predicted octanol–water partition coefficient (Wildman–Crippen LogP) is 10.5. The molecule has 0 aliphatic heterocycles. The van der Waals surface area contributed by atoms with Crippen molar-refractivity contribution in [1.29, 1.82) is 0 Å². The first-order valence-electron chi connectivity index (χ1n) is 28.0. The molecule has 7 aromatic rings. The van der Waals surface area contributed by atoms with Gasteiger partial charge in [-0.1, -0.05) is 184 Å². The van der Waals surface area contributed by atoms with Crippen LogP contribution in [0, 0.1) is 34.6 Å². The van der Waals surface area contributed by atoms with Crippen LogP contribution in [0.2, 0.25) is 20.1 Å². The topological polar surface area (TPSA) is 309 Å². The van der Waals surface area contributed by atoms with Crippen molar-refractivity contribution in [3.63, 3.8) is 0 Å². The van der Waals surface area contributed by atoms with Crippen LogP contribution in [0.1, 0.15) is 122 Å². The number of aryl methyl sites for hydroxylation is 4. The number of carbonyl (C=O) groups excluding carboxylic acids is 6. The van der Waals surface area contributed by atoms with E-state index in [1.807, 2.05) is 114 Å². The number of halogens is 4. The van der Waals surface area contributed by atoms with Gasteiger partial charge in [0.05, 0.1) is 53.5 Å². The minimum atomic E-state index is -0.990. The van der Waals surface area contributed by atoms with Crippen molar-refractivity contribution < 1.29 is 125 Å². The van der Waals surface area contributed by atoms with E-state index >= 15 is 0 Å². The van der Waals surface area contributed by atoms with Gasteiger partial charge < -0.3 is 45.2 Å². The summed E-state index contributed by atoms with van der Waals surface area (Å²) in [6.45, 7) is 23.2. The molecule has 1 aromatic heterocycles. The molecule has 0 fully saturated rings. The van der Waals surface area contributed by atoms with E-state index in [4.69, 9.17) is 66.9 Å². The Balaban J connectivity index is 0. The van der Waals surface area contributed by atoms with Crippen LogP contribution in [-0.2, 0) is 42.9 Å². The maximum atomic E-state index is 12.3. The Morgan fingerprint density at radius 2 is 0.967 bits per heavy atom. The molecule has 0 saturated heterocycles.